The van der Waals surface area contributed by atoms with E-state index in [4.69, 9.17) is 4.74 Å². The maximum Gasteiger partial charge on any atom is 0.191 e. The Labute approximate surface area is 194 Å². The highest BCUT2D eigenvalue weighted by Crippen LogP contribution is 2.33. The van der Waals surface area contributed by atoms with E-state index < -0.39 is 0 Å². The van der Waals surface area contributed by atoms with E-state index in [9.17, 15) is 0 Å². The molecular weight excluding hydrogens is 475 g/mol. The highest BCUT2D eigenvalue weighted by Gasteiger charge is 2.35. The van der Waals surface area contributed by atoms with Gasteiger partial charge in [-0.05, 0) is 43.2 Å². The molecule has 0 aromatic heterocycles. The first kappa shape index (κ1) is 24.3. The lowest BCUT2D eigenvalue weighted by atomic mass is 9.78. The van der Waals surface area contributed by atoms with Crippen LogP contribution in [0.25, 0.3) is 0 Å². The third-order valence-corrected chi connectivity index (χ3v) is 6.01. The van der Waals surface area contributed by atoms with E-state index >= 15 is 0 Å². The largest absolute Gasteiger partial charge is 0.377 e. The van der Waals surface area contributed by atoms with Crippen LogP contribution in [-0.2, 0) is 4.74 Å². The van der Waals surface area contributed by atoms with Crippen LogP contribution >= 0.6 is 24.0 Å². The topological polar surface area (TPSA) is 48.9 Å². The maximum absolute atomic E-state index is 6.12. The molecule has 164 valence electrons. The van der Waals surface area contributed by atoms with Gasteiger partial charge in [0, 0.05) is 50.9 Å². The Kier molecular flexibility index (Phi) is 9.53. The number of piperidine rings is 1. The summed E-state index contributed by atoms with van der Waals surface area (Å²) in [5, 5.41) is 7.22. The fourth-order valence-corrected chi connectivity index (χ4v) is 4.55. The van der Waals surface area contributed by atoms with Crippen LogP contribution in [0.15, 0.2) is 35.3 Å². The number of anilines is 1. The van der Waals surface area contributed by atoms with Gasteiger partial charge in [-0.25, -0.2) is 0 Å². The molecular formula is C23H39IN4O. The fourth-order valence-electron chi connectivity index (χ4n) is 4.55. The third kappa shape index (κ3) is 7.02. The molecule has 0 bridgehead atoms. The van der Waals surface area contributed by atoms with Crippen molar-refractivity contribution in [3.8, 4) is 0 Å². The lowest BCUT2D eigenvalue weighted by Gasteiger charge is -2.40. The van der Waals surface area contributed by atoms with Gasteiger partial charge in [-0.15, -0.1) is 24.0 Å². The molecule has 0 radical (unpaired) electrons. The Hall–Kier alpha value is -1.02. The van der Waals surface area contributed by atoms with Gasteiger partial charge in [-0.2, -0.15) is 0 Å². The van der Waals surface area contributed by atoms with Crippen LogP contribution in [0.1, 0.15) is 46.5 Å². The van der Waals surface area contributed by atoms with E-state index in [2.05, 4.69) is 71.6 Å². The van der Waals surface area contributed by atoms with Gasteiger partial charge in [-0.1, -0.05) is 39.0 Å². The number of ether oxygens (including phenoxy) is 1. The minimum atomic E-state index is 0. The van der Waals surface area contributed by atoms with Crippen LogP contribution in [0.2, 0.25) is 0 Å². The summed E-state index contributed by atoms with van der Waals surface area (Å²) >= 11 is 0. The van der Waals surface area contributed by atoms with Crippen molar-refractivity contribution in [3.05, 3.63) is 30.3 Å². The highest BCUT2D eigenvalue weighted by molar-refractivity contribution is 14.0. The number of benzene rings is 1. The number of aliphatic imine (C=N–C) groups is 1. The van der Waals surface area contributed by atoms with Gasteiger partial charge >= 0.3 is 0 Å². The molecule has 1 aromatic rings. The van der Waals surface area contributed by atoms with Gasteiger partial charge in [0.05, 0.1) is 6.10 Å². The second-order valence-electron chi connectivity index (χ2n) is 9.25. The molecule has 2 aliphatic rings. The fraction of sp³-hybridized carbons (Fsp3) is 0.696. The summed E-state index contributed by atoms with van der Waals surface area (Å²) in [6.07, 6.45) is 4.95. The van der Waals surface area contributed by atoms with Gasteiger partial charge in [-0.3, -0.25) is 4.99 Å². The van der Waals surface area contributed by atoms with Crippen molar-refractivity contribution in [1.82, 2.24) is 10.6 Å². The Bertz CT molecular complexity index is 624. The monoisotopic (exact) mass is 514 g/mol. The van der Waals surface area contributed by atoms with Gasteiger partial charge in [0.1, 0.15) is 0 Å². The second kappa shape index (κ2) is 11.4. The number of nitrogens with one attached hydrogen (secondary N) is 2. The Morgan fingerprint density at radius 3 is 2.45 bits per heavy atom. The molecule has 2 atom stereocenters. The van der Waals surface area contributed by atoms with Crippen LogP contribution in [-0.4, -0.2) is 51.4 Å². The zero-order valence-electron chi connectivity index (χ0n) is 18.5. The molecule has 0 saturated carbocycles. The first-order valence-corrected chi connectivity index (χ1v) is 10.9. The molecule has 2 unspecified atom stereocenters. The number of hydrogen-bond acceptors (Lipinski definition) is 3. The van der Waals surface area contributed by atoms with Crippen molar-refractivity contribution in [3.63, 3.8) is 0 Å². The number of nitrogens with zero attached hydrogens (tertiary/aromatic N) is 2. The number of hydrogen-bond donors (Lipinski definition) is 2. The minimum absolute atomic E-state index is 0. The summed E-state index contributed by atoms with van der Waals surface area (Å²) in [6.45, 7) is 10.8. The number of guanidine groups is 1. The van der Waals surface area contributed by atoms with Gasteiger partial charge in [0.2, 0.25) is 0 Å². The average Bonchev–Trinajstić information content (AvgIpc) is 2.72. The van der Waals surface area contributed by atoms with Gasteiger partial charge in [0.25, 0.3) is 0 Å². The zero-order chi connectivity index (χ0) is 20.0. The molecule has 3 rings (SSSR count). The smallest absolute Gasteiger partial charge is 0.191 e. The summed E-state index contributed by atoms with van der Waals surface area (Å²) in [5.74, 6) is 1.46. The molecule has 2 saturated heterocycles. The van der Waals surface area contributed by atoms with Crippen molar-refractivity contribution >= 4 is 35.6 Å². The molecule has 2 aliphatic heterocycles. The average molecular weight is 514 g/mol. The van der Waals surface area contributed by atoms with E-state index in [-0.39, 0.29) is 29.4 Å². The summed E-state index contributed by atoms with van der Waals surface area (Å²) in [5.41, 5.74) is 1.50. The molecule has 1 aromatic carbocycles. The van der Waals surface area contributed by atoms with Crippen LogP contribution < -0.4 is 15.5 Å². The third-order valence-electron chi connectivity index (χ3n) is 6.01. The van der Waals surface area contributed by atoms with E-state index in [1.165, 1.54) is 12.1 Å². The van der Waals surface area contributed by atoms with Crippen LogP contribution in [0, 0.1) is 11.3 Å². The van der Waals surface area contributed by atoms with Crippen LogP contribution in [0.5, 0.6) is 0 Å². The molecule has 2 heterocycles. The number of halogens is 1. The van der Waals surface area contributed by atoms with Crippen molar-refractivity contribution in [2.45, 2.75) is 58.6 Å². The molecule has 5 nitrogen and oxygen atoms in total. The van der Waals surface area contributed by atoms with E-state index in [1.807, 2.05) is 7.05 Å². The van der Waals surface area contributed by atoms with Crippen molar-refractivity contribution in [2.24, 2.45) is 16.3 Å². The molecule has 0 aliphatic carbocycles. The highest BCUT2D eigenvalue weighted by atomic mass is 127. The van der Waals surface area contributed by atoms with E-state index in [1.54, 1.807) is 0 Å². The Balaban J connectivity index is 0.00000300. The standard InChI is InChI=1S/C23H38N4O.HI/c1-23(2,3)21-18(9-8-16-28-21)17-25-22(24-4)26-19-12-14-27(15-13-19)20-10-6-5-7-11-20;/h5-7,10-11,18-19,21H,8-9,12-17H2,1-4H3,(H2,24,25,26);1H. The van der Waals surface area contributed by atoms with E-state index in [0.29, 0.717) is 18.1 Å². The van der Waals surface area contributed by atoms with Crippen molar-refractivity contribution in [1.29, 1.82) is 0 Å². The first-order valence-electron chi connectivity index (χ1n) is 10.9. The van der Waals surface area contributed by atoms with Crippen LogP contribution in [0.3, 0.4) is 0 Å². The maximum atomic E-state index is 6.12. The summed E-state index contributed by atoms with van der Waals surface area (Å²) in [7, 11) is 1.87. The lowest BCUT2D eigenvalue weighted by Crippen LogP contribution is -2.51. The van der Waals surface area contributed by atoms with Crippen LogP contribution in [0.4, 0.5) is 5.69 Å². The predicted molar refractivity (Wildman–Crippen MR) is 134 cm³/mol. The molecule has 29 heavy (non-hydrogen) atoms. The molecule has 2 fully saturated rings. The molecule has 6 heteroatoms. The zero-order valence-corrected chi connectivity index (χ0v) is 20.8. The van der Waals surface area contributed by atoms with Crippen molar-refractivity contribution in [2.75, 3.05) is 38.2 Å². The quantitative estimate of drug-likeness (QED) is 0.358. The number of rotatable bonds is 4. The van der Waals surface area contributed by atoms with Gasteiger partial charge in [0.15, 0.2) is 5.96 Å². The summed E-state index contributed by atoms with van der Waals surface area (Å²) < 4.78 is 6.12. The summed E-state index contributed by atoms with van der Waals surface area (Å²) in [6, 6.07) is 11.2. The summed E-state index contributed by atoms with van der Waals surface area (Å²) in [4.78, 5) is 6.94. The van der Waals surface area contributed by atoms with Gasteiger partial charge < -0.3 is 20.3 Å². The lowest BCUT2D eigenvalue weighted by molar-refractivity contribution is -0.0835. The number of para-hydroxylation sites is 1. The second-order valence-corrected chi connectivity index (χ2v) is 9.25. The minimum Gasteiger partial charge on any atom is -0.377 e. The van der Waals surface area contributed by atoms with Crippen molar-refractivity contribution < 1.29 is 4.74 Å². The SMILES string of the molecule is CN=C(NCC1CCCOC1C(C)(C)C)NC1CCN(c2ccccc2)CC1.I. The van der Waals surface area contributed by atoms with E-state index in [0.717, 1.165) is 51.5 Å². The molecule has 2 N–H and O–H groups in total. The molecule has 0 amide bonds. The Morgan fingerprint density at radius 2 is 1.83 bits per heavy atom. The molecule has 0 spiro atoms. The normalized spacial score (nSPS) is 24.0. The Morgan fingerprint density at radius 1 is 1.14 bits per heavy atom. The first-order chi connectivity index (χ1) is 13.5. The predicted octanol–water partition coefficient (Wildman–Crippen LogP) is 4.28.